The van der Waals surface area contributed by atoms with Gasteiger partial charge in [-0.1, -0.05) is 48.6 Å². The van der Waals surface area contributed by atoms with Crippen LogP contribution in [0.5, 0.6) is 0 Å². The number of imidazole rings is 1. The monoisotopic (exact) mass is 446 g/mol. The Balaban J connectivity index is 1.42. The van der Waals surface area contributed by atoms with E-state index in [9.17, 15) is 4.79 Å². The Morgan fingerprint density at radius 2 is 2.09 bits per heavy atom. The van der Waals surface area contributed by atoms with E-state index in [0.29, 0.717) is 6.54 Å². The molecule has 1 unspecified atom stereocenters. The fourth-order valence-corrected chi connectivity index (χ4v) is 5.59. The van der Waals surface area contributed by atoms with Gasteiger partial charge in [0.15, 0.2) is 10.8 Å². The summed E-state index contributed by atoms with van der Waals surface area (Å²) in [5.41, 5.74) is 4.10. The number of nitrogens with one attached hydrogen (secondary N) is 1. The topological polar surface area (TPSA) is 75.9 Å². The SMILES string of the molecule is CCc1c(-c2nccn2C)cnc2nc(N3CCCC3C(=O)NCc3ccccc3)sc12. The van der Waals surface area contributed by atoms with Gasteiger partial charge in [-0.25, -0.2) is 9.97 Å². The van der Waals surface area contributed by atoms with Crippen molar-refractivity contribution in [3.05, 3.63) is 60.0 Å². The Hall–Kier alpha value is -3.26. The normalized spacial score (nSPS) is 16.1. The molecule has 32 heavy (non-hydrogen) atoms. The van der Waals surface area contributed by atoms with Gasteiger partial charge < -0.3 is 14.8 Å². The molecule has 164 valence electrons. The molecule has 1 saturated heterocycles. The first-order valence-corrected chi connectivity index (χ1v) is 11.8. The molecule has 3 aromatic heterocycles. The van der Waals surface area contributed by atoms with Crippen LogP contribution in [0, 0.1) is 0 Å². The third-order valence-electron chi connectivity index (χ3n) is 6.04. The molecule has 1 fully saturated rings. The molecular weight excluding hydrogens is 420 g/mol. The van der Waals surface area contributed by atoms with E-state index in [1.54, 1.807) is 17.5 Å². The van der Waals surface area contributed by atoms with Crippen LogP contribution in [0.25, 0.3) is 21.7 Å². The summed E-state index contributed by atoms with van der Waals surface area (Å²) < 4.78 is 3.09. The molecule has 0 bridgehead atoms. The Morgan fingerprint density at radius 3 is 2.84 bits per heavy atom. The van der Waals surface area contributed by atoms with Crippen molar-refractivity contribution in [3.63, 3.8) is 0 Å². The van der Waals surface area contributed by atoms with Crippen molar-refractivity contribution in [2.24, 2.45) is 7.05 Å². The molecule has 8 heteroatoms. The number of rotatable bonds is 6. The number of benzene rings is 1. The van der Waals surface area contributed by atoms with Gasteiger partial charge >= 0.3 is 0 Å². The maximum atomic E-state index is 13.0. The number of carbonyl (C=O) groups is 1. The average Bonchev–Trinajstić information content (AvgIpc) is 3.56. The lowest BCUT2D eigenvalue weighted by molar-refractivity contribution is -0.122. The molecule has 1 aliphatic heterocycles. The lowest BCUT2D eigenvalue weighted by Gasteiger charge is -2.23. The first kappa shape index (κ1) is 20.6. The number of amides is 1. The van der Waals surface area contributed by atoms with Crippen molar-refractivity contribution < 1.29 is 4.79 Å². The summed E-state index contributed by atoms with van der Waals surface area (Å²) in [6, 6.07) is 9.81. The standard InChI is InChI=1S/C24H26N6OS/c1-3-17-18(22-25-11-13-29(22)2)15-26-21-20(17)32-24(28-21)30-12-7-10-19(30)23(31)27-14-16-8-5-4-6-9-16/h4-6,8-9,11,13,15,19H,3,7,10,12,14H2,1-2H3,(H,27,31). The maximum Gasteiger partial charge on any atom is 0.243 e. The summed E-state index contributed by atoms with van der Waals surface area (Å²) in [7, 11) is 1.99. The highest BCUT2D eigenvalue weighted by Gasteiger charge is 2.33. The zero-order valence-electron chi connectivity index (χ0n) is 18.3. The predicted molar refractivity (Wildman–Crippen MR) is 128 cm³/mol. The molecule has 1 N–H and O–H groups in total. The minimum absolute atomic E-state index is 0.0583. The molecular formula is C24H26N6OS. The molecule has 5 rings (SSSR count). The minimum Gasteiger partial charge on any atom is -0.350 e. The lowest BCUT2D eigenvalue weighted by Crippen LogP contribution is -2.43. The number of carbonyl (C=O) groups excluding carboxylic acids is 1. The van der Waals surface area contributed by atoms with Crippen molar-refractivity contribution in [1.82, 2.24) is 24.8 Å². The van der Waals surface area contributed by atoms with E-state index in [1.807, 2.05) is 54.3 Å². The number of fused-ring (bicyclic) bond motifs is 1. The lowest BCUT2D eigenvalue weighted by atomic mass is 10.1. The van der Waals surface area contributed by atoms with Crippen molar-refractivity contribution in [2.45, 2.75) is 38.8 Å². The summed E-state index contributed by atoms with van der Waals surface area (Å²) in [5, 5.41) is 3.97. The second-order valence-electron chi connectivity index (χ2n) is 8.07. The van der Waals surface area contributed by atoms with Crippen molar-refractivity contribution in [1.29, 1.82) is 0 Å². The summed E-state index contributed by atoms with van der Waals surface area (Å²) in [6.07, 6.45) is 8.31. The molecule has 4 heterocycles. The van der Waals surface area contributed by atoms with E-state index in [4.69, 9.17) is 4.98 Å². The molecule has 7 nitrogen and oxygen atoms in total. The number of hydrogen-bond donors (Lipinski definition) is 1. The maximum absolute atomic E-state index is 13.0. The number of thiazole rings is 1. The molecule has 1 atom stereocenters. The molecule has 4 aromatic rings. The van der Waals surface area contributed by atoms with E-state index >= 15 is 0 Å². The average molecular weight is 447 g/mol. The van der Waals surface area contributed by atoms with E-state index < -0.39 is 0 Å². The molecule has 1 aliphatic rings. The van der Waals surface area contributed by atoms with Gasteiger partial charge in [0.25, 0.3) is 0 Å². The molecule has 0 aliphatic carbocycles. The van der Waals surface area contributed by atoms with Crippen LogP contribution in [-0.2, 0) is 24.8 Å². The highest BCUT2D eigenvalue weighted by molar-refractivity contribution is 7.22. The number of nitrogens with zero attached hydrogens (tertiary/aromatic N) is 5. The van der Waals surface area contributed by atoms with Crippen LogP contribution in [0.2, 0.25) is 0 Å². The van der Waals surface area contributed by atoms with Crippen LogP contribution in [0.4, 0.5) is 5.13 Å². The van der Waals surface area contributed by atoms with Crippen LogP contribution in [0.3, 0.4) is 0 Å². The summed E-state index contributed by atoms with van der Waals surface area (Å²) in [4.78, 5) is 29.1. The number of hydrogen-bond acceptors (Lipinski definition) is 6. The zero-order chi connectivity index (χ0) is 22.1. The molecule has 0 spiro atoms. The first-order valence-electron chi connectivity index (χ1n) is 11.0. The second kappa shape index (κ2) is 8.70. The van der Waals surface area contributed by atoms with Gasteiger partial charge in [-0.15, -0.1) is 0 Å². The van der Waals surface area contributed by atoms with Crippen molar-refractivity contribution >= 4 is 32.7 Å². The zero-order valence-corrected chi connectivity index (χ0v) is 19.1. The van der Waals surface area contributed by atoms with Gasteiger partial charge in [0.1, 0.15) is 11.9 Å². The summed E-state index contributed by atoms with van der Waals surface area (Å²) in [6.45, 7) is 3.52. The van der Waals surface area contributed by atoms with Crippen LogP contribution in [0.1, 0.15) is 30.9 Å². The predicted octanol–water partition coefficient (Wildman–Crippen LogP) is 3.94. The van der Waals surface area contributed by atoms with Crippen molar-refractivity contribution in [3.8, 4) is 11.4 Å². The largest absolute Gasteiger partial charge is 0.350 e. The highest BCUT2D eigenvalue weighted by atomic mass is 32.1. The third-order valence-corrected chi connectivity index (χ3v) is 7.18. The smallest absolute Gasteiger partial charge is 0.243 e. The summed E-state index contributed by atoms with van der Waals surface area (Å²) in [5.74, 6) is 0.966. The van der Waals surface area contributed by atoms with Gasteiger partial charge in [-0.3, -0.25) is 4.79 Å². The first-order chi connectivity index (χ1) is 15.7. The number of anilines is 1. The Bertz CT molecular complexity index is 1250. The second-order valence-corrected chi connectivity index (χ2v) is 9.05. The summed E-state index contributed by atoms with van der Waals surface area (Å²) >= 11 is 1.63. The van der Waals surface area contributed by atoms with Crippen LogP contribution >= 0.6 is 11.3 Å². The quantitative estimate of drug-likeness (QED) is 0.486. The Morgan fingerprint density at radius 1 is 1.25 bits per heavy atom. The molecule has 1 amide bonds. The Labute approximate surface area is 191 Å². The highest BCUT2D eigenvalue weighted by Crippen LogP contribution is 2.37. The van der Waals surface area contributed by atoms with Gasteiger partial charge in [0.05, 0.1) is 4.70 Å². The van der Waals surface area contributed by atoms with Gasteiger partial charge in [-0.2, -0.15) is 4.98 Å². The van der Waals surface area contributed by atoms with E-state index in [0.717, 1.165) is 58.2 Å². The van der Waals surface area contributed by atoms with Crippen LogP contribution in [0.15, 0.2) is 48.9 Å². The fraction of sp³-hybridized carbons (Fsp3) is 0.333. The van der Waals surface area contributed by atoms with Crippen molar-refractivity contribution in [2.75, 3.05) is 11.4 Å². The van der Waals surface area contributed by atoms with Gasteiger partial charge in [0, 0.05) is 44.3 Å². The van der Waals surface area contributed by atoms with E-state index in [2.05, 4.69) is 27.1 Å². The van der Waals surface area contributed by atoms with E-state index in [1.165, 1.54) is 5.56 Å². The number of aryl methyl sites for hydroxylation is 2. The van der Waals surface area contributed by atoms with Gasteiger partial charge in [-0.05, 0) is 30.4 Å². The van der Waals surface area contributed by atoms with Gasteiger partial charge in [0.2, 0.25) is 5.91 Å². The van der Waals surface area contributed by atoms with E-state index in [-0.39, 0.29) is 11.9 Å². The molecule has 1 aromatic carbocycles. The fourth-order valence-electron chi connectivity index (χ4n) is 4.37. The number of pyridine rings is 1. The van der Waals surface area contributed by atoms with Crippen LogP contribution in [-0.4, -0.2) is 38.0 Å². The Kier molecular flexibility index (Phi) is 5.61. The molecule has 0 radical (unpaired) electrons. The number of aromatic nitrogens is 4. The third kappa shape index (κ3) is 3.75. The molecule has 0 saturated carbocycles. The minimum atomic E-state index is -0.196. The van der Waals surface area contributed by atoms with Crippen LogP contribution < -0.4 is 10.2 Å².